The molecule has 10 nitrogen and oxygen atoms in total. The van der Waals surface area contributed by atoms with Crippen LogP contribution in [0.25, 0.3) is 32.2 Å². The average Bonchev–Trinajstić information content (AvgIpc) is 3.77. The van der Waals surface area contributed by atoms with E-state index in [1.54, 1.807) is 27.0 Å². The molecule has 1 amide bonds. The number of aromatic nitrogens is 3. The van der Waals surface area contributed by atoms with Gasteiger partial charge in [-0.3, -0.25) is 15.2 Å². The van der Waals surface area contributed by atoms with Gasteiger partial charge in [-0.15, -0.1) is 11.3 Å². The number of fused-ring (bicyclic) bond motifs is 4. The number of hydrogen-bond donors (Lipinski definition) is 1. The van der Waals surface area contributed by atoms with Gasteiger partial charge in [0.25, 0.3) is 0 Å². The molecule has 0 radical (unpaired) electrons. The van der Waals surface area contributed by atoms with Crippen LogP contribution in [0.5, 0.6) is 0 Å². The first kappa shape index (κ1) is 30.0. The van der Waals surface area contributed by atoms with Crippen molar-refractivity contribution >= 4 is 61.1 Å². The monoisotopic (exact) mass is 651 g/mol. The van der Waals surface area contributed by atoms with E-state index < -0.39 is 23.3 Å². The number of benzene rings is 1. The van der Waals surface area contributed by atoms with Crippen LogP contribution in [-0.4, -0.2) is 75.3 Å². The van der Waals surface area contributed by atoms with Gasteiger partial charge >= 0.3 is 6.09 Å². The quantitative estimate of drug-likeness (QED) is 0.279. The summed E-state index contributed by atoms with van der Waals surface area (Å²) in [7, 11) is 0. The molecule has 1 aromatic carbocycles. The molecule has 6 heterocycles. The number of carbonyl (C=O) groups is 1. The fourth-order valence-electron chi connectivity index (χ4n) is 6.32. The first-order valence-electron chi connectivity index (χ1n) is 14.8. The summed E-state index contributed by atoms with van der Waals surface area (Å²) in [5, 5.41) is 13.5. The van der Waals surface area contributed by atoms with Crippen molar-refractivity contribution in [2.24, 2.45) is 0 Å². The largest absolute Gasteiger partial charge is 0.444 e. The van der Waals surface area contributed by atoms with E-state index in [1.165, 1.54) is 0 Å². The number of ether oxygens (including phenoxy) is 2. The fraction of sp³-hybridized carbons (Fsp3) is 0.452. The molecule has 3 aliphatic heterocycles. The number of nitriles is 1. The zero-order valence-electron chi connectivity index (χ0n) is 25.1. The highest BCUT2D eigenvalue weighted by atomic mass is 32.2. The molecule has 3 aromatic heterocycles. The van der Waals surface area contributed by atoms with E-state index in [-0.39, 0.29) is 50.6 Å². The van der Waals surface area contributed by atoms with Crippen molar-refractivity contribution in [1.29, 1.82) is 5.26 Å². The minimum atomic E-state index is -0.792. The molecule has 0 unspecified atom stereocenters. The van der Waals surface area contributed by atoms with Crippen LogP contribution in [0.4, 0.5) is 24.5 Å². The van der Waals surface area contributed by atoms with Gasteiger partial charge in [0, 0.05) is 66.3 Å². The lowest BCUT2D eigenvalue weighted by Crippen LogP contribution is -2.42. The molecule has 0 saturated carbocycles. The summed E-state index contributed by atoms with van der Waals surface area (Å²) in [6.07, 6.45) is 2.86. The predicted molar refractivity (Wildman–Crippen MR) is 171 cm³/mol. The van der Waals surface area contributed by atoms with E-state index in [0.717, 1.165) is 67.2 Å². The molecule has 1 atom stereocenters. The molecule has 0 aliphatic carbocycles. The van der Waals surface area contributed by atoms with Gasteiger partial charge in [-0.2, -0.15) is 17.0 Å². The molecule has 1 N–H and O–H groups in total. The van der Waals surface area contributed by atoms with E-state index in [2.05, 4.69) is 31.2 Å². The molecule has 2 fully saturated rings. The molecule has 234 valence electrons. The van der Waals surface area contributed by atoms with Crippen LogP contribution in [0.2, 0.25) is 0 Å². The maximum Gasteiger partial charge on any atom is 0.412 e. The van der Waals surface area contributed by atoms with Crippen LogP contribution >= 0.6 is 23.1 Å². The van der Waals surface area contributed by atoms with E-state index >= 15 is 8.78 Å². The highest BCUT2D eigenvalue weighted by Crippen LogP contribution is 2.46. The molecule has 2 saturated heterocycles. The van der Waals surface area contributed by atoms with Crippen molar-refractivity contribution in [3.05, 3.63) is 40.7 Å². The normalized spacial score (nSPS) is 18.8. The minimum Gasteiger partial charge on any atom is -0.444 e. The molecule has 0 spiro atoms. The standard InChI is InChI=1S/C31H31F2N7O3S2/c1-31(2,3)43-30(41)38-28-17(10-34)23-26(35-12-21(32)27(23)45-28)22-20-15-42-14-19(20)18-11-36-29(37-25(18)24(22)33)40-5-4-16(13-40)39-6-8-44-9-7-39/h11-12,16H,4-9,13-15H2,1-3H3,(H,38,41)/t16-/m1/s1. The Morgan fingerprint density at radius 3 is 2.69 bits per heavy atom. The number of amides is 1. The van der Waals surface area contributed by atoms with Crippen LogP contribution in [0.3, 0.4) is 0 Å². The lowest BCUT2D eigenvalue weighted by Gasteiger charge is -2.31. The fourth-order valence-corrected chi connectivity index (χ4v) is 8.29. The van der Waals surface area contributed by atoms with Gasteiger partial charge in [0.15, 0.2) is 11.6 Å². The van der Waals surface area contributed by atoms with Gasteiger partial charge in [0.05, 0.1) is 35.4 Å². The number of rotatable bonds is 4. The van der Waals surface area contributed by atoms with Gasteiger partial charge in [-0.25, -0.2) is 23.5 Å². The van der Waals surface area contributed by atoms with Crippen LogP contribution in [0.15, 0.2) is 12.4 Å². The highest BCUT2D eigenvalue weighted by molar-refractivity contribution is 7.99. The molecule has 14 heteroatoms. The Bertz CT molecular complexity index is 1880. The first-order chi connectivity index (χ1) is 21.6. The second-order valence-electron chi connectivity index (χ2n) is 12.3. The number of thioether (sulfide) groups is 1. The number of nitrogens with zero attached hydrogens (tertiary/aromatic N) is 6. The number of anilines is 2. The Hall–Kier alpha value is -3.64. The van der Waals surface area contributed by atoms with Crippen LogP contribution in [0, 0.1) is 23.0 Å². The summed E-state index contributed by atoms with van der Waals surface area (Å²) in [6, 6.07) is 2.47. The van der Waals surface area contributed by atoms with Crippen molar-refractivity contribution in [3.8, 4) is 17.3 Å². The van der Waals surface area contributed by atoms with Gasteiger partial charge in [0.1, 0.15) is 22.2 Å². The van der Waals surface area contributed by atoms with E-state index in [9.17, 15) is 10.1 Å². The molecule has 3 aliphatic rings. The summed E-state index contributed by atoms with van der Waals surface area (Å²) >= 11 is 2.85. The average molecular weight is 652 g/mol. The molecular formula is C31H31F2N7O3S2. The summed E-state index contributed by atoms with van der Waals surface area (Å²) in [5.74, 6) is 1.38. The minimum absolute atomic E-state index is 0.0300. The van der Waals surface area contributed by atoms with Gasteiger partial charge in [-0.1, -0.05) is 0 Å². The SMILES string of the molecule is CC(C)(C)OC(=O)Nc1sc2c(F)cnc(-c3c4c(c5cnc(N6CC[C@@H](N7CCSCC7)C6)nc5c3F)COC4)c2c1C#N. The number of nitrogens with one attached hydrogen (secondary N) is 1. The van der Waals surface area contributed by atoms with E-state index in [1.807, 2.05) is 11.8 Å². The molecule has 7 rings (SSSR count). The first-order valence-corrected chi connectivity index (χ1v) is 16.8. The Kier molecular flexibility index (Phi) is 7.76. The van der Waals surface area contributed by atoms with Crippen molar-refractivity contribution in [1.82, 2.24) is 19.9 Å². The third kappa shape index (κ3) is 5.45. The maximum absolute atomic E-state index is 16.8. The van der Waals surface area contributed by atoms with Gasteiger partial charge in [-0.05, 0) is 38.3 Å². The van der Waals surface area contributed by atoms with Gasteiger partial charge < -0.3 is 14.4 Å². The van der Waals surface area contributed by atoms with E-state index in [0.29, 0.717) is 22.9 Å². The molecular weight excluding hydrogens is 621 g/mol. The number of pyridine rings is 1. The molecule has 45 heavy (non-hydrogen) atoms. The summed E-state index contributed by atoms with van der Waals surface area (Å²) in [5.41, 5.74) is 0.782. The zero-order chi connectivity index (χ0) is 31.5. The number of halogens is 2. The summed E-state index contributed by atoms with van der Waals surface area (Å²) < 4.78 is 43.2. The number of hydrogen-bond acceptors (Lipinski definition) is 11. The van der Waals surface area contributed by atoms with Crippen molar-refractivity contribution in [2.45, 2.75) is 52.0 Å². The Morgan fingerprint density at radius 1 is 1.16 bits per heavy atom. The van der Waals surface area contributed by atoms with Crippen molar-refractivity contribution in [3.63, 3.8) is 0 Å². The second-order valence-corrected chi connectivity index (χ2v) is 14.6. The maximum atomic E-state index is 16.8. The van der Waals surface area contributed by atoms with Crippen LogP contribution < -0.4 is 10.2 Å². The smallest absolute Gasteiger partial charge is 0.412 e. The predicted octanol–water partition coefficient (Wildman–Crippen LogP) is 6.06. The number of thiophene rings is 1. The zero-order valence-corrected chi connectivity index (χ0v) is 26.7. The Labute approximate surface area is 266 Å². The lowest BCUT2D eigenvalue weighted by molar-refractivity contribution is 0.0636. The third-order valence-electron chi connectivity index (χ3n) is 8.33. The summed E-state index contributed by atoms with van der Waals surface area (Å²) in [4.78, 5) is 30.9. The molecule has 4 aromatic rings. The van der Waals surface area contributed by atoms with Crippen molar-refractivity contribution < 1.29 is 23.0 Å². The second kappa shape index (κ2) is 11.6. The Morgan fingerprint density at radius 2 is 1.93 bits per heavy atom. The summed E-state index contributed by atoms with van der Waals surface area (Å²) in [6.45, 7) is 9.13. The van der Waals surface area contributed by atoms with Gasteiger partial charge in [0.2, 0.25) is 5.95 Å². The third-order valence-corrected chi connectivity index (χ3v) is 10.4. The number of carbonyl (C=O) groups excluding carboxylic acids is 1. The molecule has 0 bridgehead atoms. The Balaban J connectivity index is 1.33. The topological polar surface area (TPSA) is 116 Å². The lowest BCUT2D eigenvalue weighted by atomic mass is 9.94. The highest BCUT2D eigenvalue weighted by Gasteiger charge is 2.33. The van der Waals surface area contributed by atoms with E-state index in [4.69, 9.17) is 14.5 Å². The van der Waals surface area contributed by atoms with Crippen molar-refractivity contribution in [2.75, 3.05) is 47.9 Å². The van der Waals surface area contributed by atoms with Crippen LogP contribution in [-0.2, 0) is 22.7 Å². The van der Waals surface area contributed by atoms with Crippen LogP contribution in [0.1, 0.15) is 43.9 Å².